The van der Waals surface area contributed by atoms with Crippen molar-refractivity contribution in [2.45, 2.75) is 65.7 Å². The van der Waals surface area contributed by atoms with Crippen LogP contribution in [-0.4, -0.2) is 16.5 Å². The first-order valence-electron chi connectivity index (χ1n) is 8.18. The minimum absolute atomic E-state index is 0.430. The molecule has 0 amide bonds. The van der Waals surface area contributed by atoms with Gasteiger partial charge in [0.1, 0.15) is 11.6 Å². The number of nitrogens with one attached hydrogen (secondary N) is 1. The lowest BCUT2D eigenvalue weighted by atomic mass is 9.70. The maximum absolute atomic E-state index is 4.75. The largest absolute Gasteiger partial charge is 0.369 e. The van der Waals surface area contributed by atoms with E-state index in [4.69, 9.17) is 4.98 Å². The van der Waals surface area contributed by atoms with Crippen LogP contribution in [0.2, 0.25) is 0 Å². The first kappa shape index (κ1) is 16.7. The summed E-state index contributed by atoms with van der Waals surface area (Å²) >= 11 is 3.53. The summed E-state index contributed by atoms with van der Waals surface area (Å²) in [5.41, 5.74) is 0.430. The predicted octanol–water partition coefficient (Wildman–Crippen LogP) is 5.38. The predicted molar refractivity (Wildman–Crippen MR) is 92.7 cm³/mol. The minimum atomic E-state index is 0.430. The van der Waals surface area contributed by atoms with Crippen LogP contribution in [0.4, 0.5) is 5.82 Å². The summed E-state index contributed by atoms with van der Waals surface area (Å²) in [4.78, 5) is 9.31. The molecule has 0 spiro atoms. The van der Waals surface area contributed by atoms with Crippen molar-refractivity contribution in [1.82, 2.24) is 9.97 Å². The maximum Gasteiger partial charge on any atom is 0.144 e. The lowest BCUT2D eigenvalue weighted by Gasteiger charge is -2.36. The fraction of sp³-hybridized carbons (Fsp3) is 0.765. The molecule has 1 aliphatic rings. The highest BCUT2D eigenvalue weighted by molar-refractivity contribution is 9.10. The first-order valence-corrected chi connectivity index (χ1v) is 8.97. The quantitative estimate of drug-likeness (QED) is 0.789. The molecular formula is C17H28BrN3. The molecule has 0 radical (unpaired) electrons. The molecule has 1 aromatic rings. The van der Waals surface area contributed by atoms with Crippen molar-refractivity contribution in [2.24, 2.45) is 11.3 Å². The normalized spacial score (nSPS) is 23.1. The Morgan fingerprint density at radius 3 is 2.48 bits per heavy atom. The average Bonchev–Trinajstić information content (AvgIpc) is 2.46. The molecule has 1 heterocycles. The average molecular weight is 354 g/mol. The third-order valence-corrected chi connectivity index (χ3v) is 5.20. The molecular weight excluding hydrogens is 326 g/mol. The zero-order valence-electron chi connectivity index (χ0n) is 13.7. The highest BCUT2D eigenvalue weighted by atomic mass is 79.9. The van der Waals surface area contributed by atoms with Crippen molar-refractivity contribution >= 4 is 21.7 Å². The molecule has 0 unspecified atom stereocenters. The zero-order valence-corrected chi connectivity index (χ0v) is 15.3. The van der Waals surface area contributed by atoms with Crippen LogP contribution in [0.15, 0.2) is 10.7 Å². The van der Waals surface area contributed by atoms with Crippen molar-refractivity contribution in [2.75, 3.05) is 11.9 Å². The third kappa shape index (κ3) is 4.41. The van der Waals surface area contributed by atoms with Crippen molar-refractivity contribution in [1.29, 1.82) is 0 Å². The van der Waals surface area contributed by atoms with E-state index in [0.717, 1.165) is 35.0 Å². The molecule has 1 fully saturated rings. The van der Waals surface area contributed by atoms with Crippen LogP contribution in [0.1, 0.15) is 71.5 Å². The number of anilines is 1. The van der Waals surface area contributed by atoms with Gasteiger partial charge in [-0.25, -0.2) is 9.97 Å². The second-order valence-electron chi connectivity index (χ2n) is 7.27. The lowest BCUT2D eigenvalue weighted by Crippen LogP contribution is -2.25. The molecule has 0 atom stereocenters. The fourth-order valence-corrected chi connectivity index (χ4v) is 3.49. The number of aromatic nitrogens is 2. The molecule has 3 nitrogen and oxygen atoms in total. The van der Waals surface area contributed by atoms with Gasteiger partial charge in [-0.1, -0.05) is 27.7 Å². The van der Waals surface area contributed by atoms with Crippen molar-refractivity contribution in [3.8, 4) is 0 Å². The van der Waals surface area contributed by atoms with Gasteiger partial charge in [0.25, 0.3) is 0 Å². The van der Waals surface area contributed by atoms with Crippen molar-refractivity contribution in [3.63, 3.8) is 0 Å². The van der Waals surface area contributed by atoms with Gasteiger partial charge in [-0.15, -0.1) is 0 Å². The van der Waals surface area contributed by atoms with Gasteiger partial charge in [-0.2, -0.15) is 0 Å². The maximum atomic E-state index is 4.75. The van der Waals surface area contributed by atoms with E-state index >= 15 is 0 Å². The van der Waals surface area contributed by atoms with E-state index in [1.807, 2.05) is 6.20 Å². The standard InChI is InChI=1S/C17H28BrN3/c1-5-10-19-16-14(18)11-20-15(21-16)12-6-8-13(9-7-12)17(2,3)4/h11-13H,5-10H2,1-4H3,(H,19,20,21). The Labute approximate surface area is 137 Å². The van der Waals surface area contributed by atoms with Crippen LogP contribution in [0.3, 0.4) is 0 Å². The second-order valence-corrected chi connectivity index (χ2v) is 8.12. The number of nitrogens with zero attached hydrogens (tertiary/aromatic N) is 2. The van der Waals surface area contributed by atoms with Gasteiger partial charge in [0, 0.05) is 18.7 Å². The Morgan fingerprint density at radius 2 is 1.90 bits per heavy atom. The Kier molecular flexibility index (Phi) is 5.64. The highest BCUT2D eigenvalue weighted by Gasteiger charge is 2.31. The topological polar surface area (TPSA) is 37.8 Å². The van der Waals surface area contributed by atoms with Crippen molar-refractivity contribution < 1.29 is 0 Å². The summed E-state index contributed by atoms with van der Waals surface area (Å²) in [5, 5.41) is 3.38. The molecule has 0 bridgehead atoms. The Bertz CT molecular complexity index is 460. The summed E-state index contributed by atoms with van der Waals surface area (Å²) in [6, 6.07) is 0. The second kappa shape index (κ2) is 7.08. The number of hydrogen-bond donors (Lipinski definition) is 1. The molecule has 1 aromatic heterocycles. The van der Waals surface area contributed by atoms with Gasteiger partial charge in [0.05, 0.1) is 4.47 Å². The summed E-state index contributed by atoms with van der Waals surface area (Å²) in [6.45, 7) is 10.2. The third-order valence-electron chi connectivity index (χ3n) is 4.62. The van der Waals surface area contributed by atoms with Crippen LogP contribution < -0.4 is 5.32 Å². The van der Waals surface area contributed by atoms with Gasteiger partial charge in [-0.05, 0) is 59.4 Å². The van der Waals surface area contributed by atoms with E-state index in [1.165, 1.54) is 25.7 Å². The van der Waals surface area contributed by atoms with Crippen LogP contribution >= 0.6 is 15.9 Å². The van der Waals surface area contributed by atoms with Gasteiger partial charge >= 0.3 is 0 Å². The van der Waals surface area contributed by atoms with E-state index in [1.54, 1.807) is 0 Å². The monoisotopic (exact) mass is 353 g/mol. The molecule has 2 rings (SSSR count). The van der Waals surface area contributed by atoms with Crippen LogP contribution in [-0.2, 0) is 0 Å². The van der Waals surface area contributed by atoms with E-state index in [2.05, 4.69) is 53.9 Å². The van der Waals surface area contributed by atoms with Gasteiger partial charge in [0.15, 0.2) is 0 Å². The van der Waals surface area contributed by atoms with Gasteiger partial charge in [-0.3, -0.25) is 0 Å². The van der Waals surface area contributed by atoms with Gasteiger partial charge in [0.2, 0.25) is 0 Å². The molecule has 0 aromatic carbocycles. The van der Waals surface area contributed by atoms with E-state index in [-0.39, 0.29) is 0 Å². The first-order chi connectivity index (χ1) is 9.91. The zero-order chi connectivity index (χ0) is 15.5. The molecule has 4 heteroatoms. The Hall–Kier alpha value is -0.640. The Balaban J connectivity index is 2.03. The van der Waals surface area contributed by atoms with Gasteiger partial charge < -0.3 is 5.32 Å². The number of rotatable bonds is 4. The van der Waals surface area contributed by atoms with E-state index < -0.39 is 0 Å². The summed E-state index contributed by atoms with van der Waals surface area (Å²) in [6.07, 6.45) is 8.03. The highest BCUT2D eigenvalue weighted by Crippen LogP contribution is 2.42. The Morgan fingerprint density at radius 1 is 1.24 bits per heavy atom. The molecule has 118 valence electrons. The summed E-state index contributed by atoms with van der Waals surface area (Å²) in [5.74, 6) is 3.32. The molecule has 1 N–H and O–H groups in total. The summed E-state index contributed by atoms with van der Waals surface area (Å²) < 4.78 is 0.961. The molecule has 0 aliphatic heterocycles. The fourth-order valence-electron chi connectivity index (χ4n) is 3.16. The molecule has 0 saturated heterocycles. The smallest absolute Gasteiger partial charge is 0.144 e. The van der Waals surface area contributed by atoms with Crippen molar-refractivity contribution in [3.05, 3.63) is 16.5 Å². The SMILES string of the molecule is CCCNc1nc(C2CCC(C(C)(C)C)CC2)ncc1Br. The summed E-state index contributed by atoms with van der Waals surface area (Å²) in [7, 11) is 0. The lowest BCUT2D eigenvalue weighted by molar-refractivity contribution is 0.167. The number of halogens is 1. The van der Waals surface area contributed by atoms with E-state index in [9.17, 15) is 0 Å². The minimum Gasteiger partial charge on any atom is -0.369 e. The molecule has 1 aliphatic carbocycles. The molecule has 1 saturated carbocycles. The van der Waals surface area contributed by atoms with Crippen LogP contribution in [0, 0.1) is 11.3 Å². The van der Waals surface area contributed by atoms with Crippen LogP contribution in [0.25, 0.3) is 0 Å². The van der Waals surface area contributed by atoms with E-state index in [0.29, 0.717) is 11.3 Å². The molecule has 21 heavy (non-hydrogen) atoms. The number of hydrogen-bond acceptors (Lipinski definition) is 3. The van der Waals surface area contributed by atoms with Crippen LogP contribution in [0.5, 0.6) is 0 Å².